The third-order valence-electron chi connectivity index (χ3n) is 5.69. The fourth-order valence-electron chi connectivity index (χ4n) is 4.06. The Morgan fingerprint density at radius 1 is 1.33 bits per heavy atom. The summed E-state index contributed by atoms with van der Waals surface area (Å²) in [6.07, 6.45) is 4.68. The molecule has 6 heteroatoms. The summed E-state index contributed by atoms with van der Waals surface area (Å²) in [7, 11) is 0. The van der Waals surface area contributed by atoms with Gasteiger partial charge in [0, 0.05) is 37.5 Å². The molecular weight excluding hydrogens is 342 g/mol. The number of carbonyl (C=O) groups is 2. The zero-order valence-electron chi connectivity index (χ0n) is 15.3. The number of para-hydroxylation sites is 1. The minimum absolute atomic E-state index is 0.0609. The first-order chi connectivity index (χ1) is 13.1. The first kappa shape index (κ1) is 17.9. The van der Waals surface area contributed by atoms with Crippen molar-refractivity contribution in [3.05, 3.63) is 42.1 Å². The largest absolute Gasteiger partial charge is 0.393 e. The molecular formula is C21H25N3O3. The molecule has 0 unspecified atom stereocenters. The lowest BCUT2D eigenvalue weighted by atomic mass is 9.75. The van der Waals surface area contributed by atoms with Crippen LogP contribution in [0, 0.1) is 5.92 Å². The van der Waals surface area contributed by atoms with Gasteiger partial charge in [-0.2, -0.15) is 0 Å². The molecule has 2 amide bonds. The monoisotopic (exact) mass is 367 g/mol. The van der Waals surface area contributed by atoms with Gasteiger partial charge in [-0.3, -0.25) is 14.6 Å². The van der Waals surface area contributed by atoms with Gasteiger partial charge in [0.05, 0.1) is 17.7 Å². The van der Waals surface area contributed by atoms with Gasteiger partial charge in [0.25, 0.3) is 0 Å². The molecule has 1 aliphatic heterocycles. The SMILES string of the molecule is O=C(CCN1CCCC1=O)N[C@@H](c1cnc2ccccc2c1)C1CC(O)C1. The molecule has 2 N–H and O–H groups in total. The predicted molar refractivity (Wildman–Crippen MR) is 102 cm³/mol. The van der Waals surface area contributed by atoms with Crippen LogP contribution in [0.3, 0.4) is 0 Å². The Labute approximate surface area is 158 Å². The quantitative estimate of drug-likeness (QED) is 0.820. The summed E-state index contributed by atoms with van der Waals surface area (Å²) in [5.41, 5.74) is 1.89. The molecule has 0 bridgehead atoms. The number of hydrogen-bond acceptors (Lipinski definition) is 4. The first-order valence-electron chi connectivity index (χ1n) is 9.70. The summed E-state index contributed by atoms with van der Waals surface area (Å²) in [6, 6.07) is 9.82. The van der Waals surface area contributed by atoms with Crippen LogP contribution in [0.25, 0.3) is 10.9 Å². The van der Waals surface area contributed by atoms with Gasteiger partial charge in [-0.1, -0.05) is 18.2 Å². The van der Waals surface area contributed by atoms with Crippen LogP contribution in [0.4, 0.5) is 0 Å². The number of likely N-dealkylation sites (tertiary alicyclic amines) is 1. The van der Waals surface area contributed by atoms with Crippen LogP contribution in [-0.4, -0.2) is 46.0 Å². The highest BCUT2D eigenvalue weighted by molar-refractivity contribution is 5.81. The van der Waals surface area contributed by atoms with Crippen LogP contribution in [0.5, 0.6) is 0 Å². The highest BCUT2D eigenvalue weighted by atomic mass is 16.3. The van der Waals surface area contributed by atoms with Crippen LogP contribution in [0.1, 0.15) is 43.7 Å². The Morgan fingerprint density at radius 3 is 2.89 bits per heavy atom. The van der Waals surface area contributed by atoms with Gasteiger partial charge in [0.2, 0.25) is 11.8 Å². The molecule has 0 radical (unpaired) electrons. The second kappa shape index (κ2) is 7.64. The number of nitrogens with one attached hydrogen (secondary N) is 1. The van der Waals surface area contributed by atoms with E-state index in [1.807, 2.05) is 30.5 Å². The molecule has 1 aliphatic carbocycles. The van der Waals surface area contributed by atoms with Crippen molar-refractivity contribution >= 4 is 22.7 Å². The number of aromatic nitrogens is 1. The Bertz CT molecular complexity index is 847. The molecule has 2 heterocycles. The smallest absolute Gasteiger partial charge is 0.222 e. The van der Waals surface area contributed by atoms with Crippen molar-refractivity contribution in [3.63, 3.8) is 0 Å². The summed E-state index contributed by atoms with van der Waals surface area (Å²) >= 11 is 0. The fraction of sp³-hybridized carbons (Fsp3) is 0.476. The highest BCUT2D eigenvalue weighted by Crippen LogP contribution is 2.38. The Kier molecular flexibility index (Phi) is 5.07. The number of amides is 2. The molecule has 1 aromatic heterocycles. The standard InChI is InChI=1S/C21H25N3O3/c25-17-11-15(12-17)21(16-10-14-4-1-2-5-18(14)22-13-16)23-19(26)7-9-24-8-3-6-20(24)27/h1-2,4-5,10,13,15,17,21,25H,3,6-9,11-12H2,(H,23,26)/t15?,17?,21-/m1/s1. The predicted octanol–water partition coefficient (Wildman–Crippen LogP) is 2.18. The van der Waals surface area contributed by atoms with Crippen LogP contribution in [0.15, 0.2) is 36.5 Å². The van der Waals surface area contributed by atoms with E-state index in [9.17, 15) is 14.7 Å². The highest BCUT2D eigenvalue weighted by Gasteiger charge is 2.36. The maximum Gasteiger partial charge on any atom is 0.222 e. The number of rotatable bonds is 6. The molecule has 1 aromatic carbocycles. The van der Waals surface area contributed by atoms with Crippen LogP contribution >= 0.6 is 0 Å². The second-order valence-corrected chi connectivity index (χ2v) is 7.63. The minimum Gasteiger partial charge on any atom is -0.393 e. The van der Waals surface area contributed by atoms with E-state index in [1.165, 1.54) is 0 Å². The molecule has 6 nitrogen and oxygen atoms in total. The van der Waals surface area contributed by atoms with Gasteiger partial charge >= 0.3 is 0 Å². The fourth-order valence-corrected chi connectivity index (χ4v) is 4.06. The summed E-state index contributed by atoms with van der Waals surface area (Å²) in [5.74, 6) is 0.287. The third kappa shape index (κ3) is 3.95. The zero-order chi connectivity index (χ0) is 18.8. The summed E-state index contributed by atoms with van der Waals surface area (Å²) in [6.45, 7) is 1.22. The average molecular weight is 367 g/mol. The number of aliphatic hydroxyl groups is 1. The lowest BCUT2D eigenvalue weighted by Crippen LogP contribution is -2.42. The Morgan fingerprint density at radius 2 is 2.15 bits per heavy atom. The van der Waals surface area contributed by atoms with Crippen molar-refractivity contribution in [2.24, 2.45) is 5.92 Å². The van der Waals surface area contributed by atoms with Gasteiger partial charge in [0.1, 0.15) is 0 Å². The van der Waals surface area contributed by atoms with Crippen LogP contribution < -0.4 is 5.32 Å². The van der Waals surface area contributed by atoms with E-state index in [0.29, 0.717) is 32.2 Å². The van der Waals surface area contributed by atoms with Crippen molar-refractivity contribution in [3.8, 4) is 0 Å². The lowest BCUT2D eigenvalue weighted by Gasteiger charge is -2.38. The molecule has 27 heavy (non-hydrogen) atoms. The van der Waals surface area contributed by atoms with E-state index in [-0.39, 0.29) is 29.9 Å². The van der Waals surface area contributed by atoms with Crippen molar-refractivity contribution in [1.82, 2.24) is 15.2 Å². The molecule has 2 aliphatic rings. The van der Waals surface area contributed by atoms with Crippen molar-refractivity contribution in [1.29, 1.82) is 0 Å². The van der Waals surface area contributed by atoms with Crippen molar-refractivity contribution in [2.45, 2.75) is 44.2 Å². The Hall–Kier alpha value is -2.47. The third-order valence-corrected chi connectivity index (χ3v) is 5.69. The van der Waals surface area contributed by atoms with E-state index in [1.54, 1.807) is 4.90 Å². The lowest BCUT2D eigenvalue weighted by molar-refractivity contribution is -0.128. The number of aliphatic hydroxyl groups excluding tert-OH is 1. The normalized spacial score (nSPS) is 23.3. The summed E-state index contributed by atoms with van der Waals surface area (Å²) < 4.78 is 0. The van der Waals surface area contributed by atoms with E-state index in [4.69, 9.17) is 0 Å². The van der Waals surface area contributed by atoms with Gasteiger partial charge in [-0.25, -0.2) is 0 Å². The molecule has 0 spiro atoms. The number of hydrogen-bond donors (Lipinski definition) is 2. The van der Waals surface area contributed by atoms with Crippen LogP contribution in [0.2, 0.25) is 0 Å². The first-order valence-corrected chi connectivity index (χ1v) is 9.70. The summed E-state index contributed by atoms with van der Waals surface area (Å²) in [4.78, 5) is 30.5. The molecule has 4 rings (SSSR count). The van der Waals surface area contributed by atoms with Gasteiger partial charge in [-0.15, -0.1) is 0 Å². The zero-order valence-corrected chi connectivity index (χ0v) is 15.3. The number of pyridine rings is 1. The van der Waals surface area contributed by atoms with Crippen molar-refractivity contribution in [2.75, 3.05) is 13.1 Å². The number of carbonyl (C=O) groups excluding carboxylic acids is 2. The van der Waals surface area contributed by atoms with Crippen molar-refractivity contribution < 1.29 is 14.7 Å². The molecule has 1 atom stereocenters. The maximum absolute atomic E-state index is 12.5. The number of fused-ring (bicyclic) bond motifs is 1. The van der Waals surface area contributed by atoms with E-state index >= 15 is 0 Å². The Balaban J connectivity index is 1.46. The van der Waals surface area contributed by atoms with E-state index in [0.717, 1.165) is 29.4 Å². The number of benzene rings is 1. The van der Waals surface area contributed by atoms with Gasteiger partial charge in [0.15, 0.2) is 0 Å². The second-order valence-electron chi connectivity index (χ2n) is 7.63. The molecule has 1 saturated carbocycles. The molecule has 2 aromatic rings. The van der Waals surface area contributed by atoms with E-state index < -0.39 is 0 Å². The average Bonchev–Trinajstić information content (AvgIpc) is 3.06. The van der Waals surface area contributed by atoms with Gasteiger partial charge in [-0.05, 0) is 42.9 Å². The maximum atomic E-state index is 12.5. The van der Waals surface area contributed by atoms with Crippen LogP contribution in [-0.2, 0) is 9.59 Å². The number of nitrogens with zero attached hydrogens (tertiary/aromatic N) is 2. The molecule has 142 valence electrons. The molecule has 1 saturated heterocycles. The summed E-state index contributed by atoms with van der Waals surface area (Å²) in [5, 5.41) is 13.9. The molecule has 2 fully saturated rings. The topological polar surface area (TPSA) is 82.5 Å². The minimum atomic E-state index is -0.287. The van der Waals surface area contributed by atoms with Gasteiger partial charge < -0.3 is 15.3 Å². The van der Waals surface area contributed by atoms with E-state index in [2.05, 4.69) is 16.4 Å².